The van der Waals surface area contributed by atoms with Gasteiger partial charge in [0.1, 0.15) is 24.5 Å². The van der Waals surface area contributed by atoms with Gasteiger partial charge in [0, 0.05) is 0 Å². The van der Waals surface area contributed by atoms with Crippen molar-refractivity contribution >= 4 is 0 Å². The monoisotopic (exact) mass is 305 g/mol. The Morgan fingerprint density at radius 2 is 1.43 bits per heavy atom. The molecule has 1 heterocycles. The van der Waals surface area contributed by atoms with E-state index in [1.807, 2.05) is 0 Å². The van der Waals surface area contributed by atoms with Crippen LogP contribution in [0.3, 0.4) is 0 Å². The Balaban J connectivity index is 1.90. The molecule has 2 heteroatoms. The first-order valence-electron chi connectivity index (χ1n) is 8.51. The van der Waals surface area contributed by atoms with Crippen molar-refractivity contribution in [2.24, 2.45) is 0 Å². The van der Waals surface area contributed by atoms with E-state index < -0.39 is 0 Å². The fourth-order valence-corrected chi connectivity index (χ4v) is 3.34. The number of aromatic nitrogens is 2. The molecule has 2 aromatic carbocycles. The lowest BCUT2D eigenvalue weighted by Crippen LogP contribution is -2.38. The van der Waals surface area contributed by atoms with E-state index in [0.29, 0.717) is 12.1 Å². The highest BCUT2D eigenvalue weighted by Crippen LogP contribution is 2.22. The second-order valence-electron chi connectivity index (χ2n) is 5.98. The van der Waals surface area contributed by atoms with Gasteiger partial charge in [-0.05, 0) is 24.0 Å². The van der Waals surface area contributed by atoms with Crippen LogP contribution in [0.25, 0.3) is 0 Å². The normalized spacial score (nSPS) is 13.7. The molecule has 0 aliphatic heterocycles. The highest BCUT2D eigenvalue weighted by Gasteiger charge is 2.21. The van der Waals surface area contributed by atoms with Gasteiger partial charge in [0.15, 0.2) is 0 Å². The number of hydrogen-bond acceptors (Lipinski definition) is 0. The van der Waals surface area contributed by atoms with Gasteiger partial charge in [-0.3, -0.25) is 0 Å². The fourth-order valence-electron chi connectivity index (χ4n) is 3.34. The molecule has 0 radical (unpaired) electrons. The van der Waals surface area contributed by atoms with Crippen LogP contribution in [-0.4, -0.2) is 4.57 Å². The maximum Gasteiger partial charge on any atom is 0.244 e. The minimum Gasteiger partial charge on any atom is -0.230 e. The van der Waals surface area contributed by atoms with Gasteiger partial charge in [-0.25, -0.2) is 9.13 Å². The molecule has 0 saturated carbocycles. The Kier molecular flexibility index (Phi) is 4.92. The van der Waals surface area contributed by atoms with Gasteiger partial charge in [-0.15, -0.1) is 0 Å². The minimum atomic E-state index is 0.394. The fraction of sp³-hybridized carbons (Fsp3) is 0.286. The molecule has 118 valence electrons. The maximum absolute atomic E-state index is 2.33. The van der Waals surface area contributed by atoms with E-state index in [0.717, 1.165) is 12.8 Å². The summed E-state index contributed by atoms with van der Waals surface area (Å²) in [6, 6.07) is 22.3. The molecule has 23 heavy (non-hydrogen) atoms. The van der Waals surface area contributed by atoms with Crippen molar-refractivity contribution in [2.45, 2.75) is 38.8 Å². The third kappa shape index (κ3) is 3.37. The number of nitrogens with zero attached hydrogens (tertiary/aromatic N) is 2. The Morgan fingerprint density at radius 1 is 0.826 bits per heavy atom. The number of rotatable bonds is 6. The van der Waals surface area contributed by atoms with E-state index in [9.17, 15) is 0 Å². The Labute approximate surface area is 139 Å². The zero-order chi connectivity index (χ0) is 16.1. The summed E-state index contributed by atoms with van der Waals surface area (Å²) in [7, 11) is 0. The molecule has 3 rings (SSSR count). The molecular formula is C21H25N2+. The van der Waals surface area contributed by atoms with E-state index in [2.05, 4.69) is 102 Å². The minimum absolute atomic E-state index is 0.394. The molecule has 1 aromatic heterocycles. The van der Waals surface area contributed by atoms with Crippen molar-refractivity contribution in [3.8, 4) is 0 Å². The third-order valence-corrected chi connectivity index (χ3v) is 4.54. The SMILES string of the molecule is CC[C@@H](c1ccccc1)n1cc[n+]([C@@H](CC)c2ccccc2)c1. The van der Waals surface area contributed by atoms with Crippen molar-refractivity contribution < 1.29 is 4.57 Å². The number of imidazole rings is 1. The molecule has 0 saturated heterocycles. The number of benzene rings is 2. The summed E-state index contributed by atoms with van der Waals surface area (Å²) in [5, 5.41) is 0. The molecule has 2 nitrogen and oxygen atoms in total. The van der Waals surface area contributed by atoms with Crippen LogP contribution in [0.1, 0.15) is 49.9 Å². The van der Waals surface area contributed by atoms with E-state index in [-0.39, 0.29) is 0 Å². The summed E-state index contributed by atoms with van der Waals surface area (Å²) in [5.74, 6) is 0. The largest absolute Gasteiger partial charge is 0.244 e. The molecule has 0 aliphatic rings. The first-order valence-corrected chi connectivity index (χ1v) is 8.51. The van der Waals surface area contributed by atoms with Crippen LogP contribution in [0, 0.1) is 0 Å². The summed E-state index contributed by atoms with van der Waals surface area (Å²) in [4.78, 5) is 0. The maximum atomic E-state index is 2.33. The average Bonchev–Trinajstić information content (AvgIpc) is 3.08. The van der Waals surface area contributed by atoms with Crippen molar-refractivity contribution in [3.05, 3.63) is 90.5 Å². The van der Waals surface area contributed by atoms with Crippen LogP contribution >= 0.6 is 0 Å². The highest BCUT2D eigenvalue weighted by atomic mass is 15.1. The summed E-state index contributed by atoms with van der Waals surface area (Å²) >= 11 is 0. The van der Waals surface area contributed by atoms with Gasteiger partial charge >= 0.3 is 0 Å². The van der Waals surface area contributed by atoms with Crippen molar-refractivity contribution in [2.75, 3.05) is 0 Å². The molecule has 0 aliphatic carbocycles. The van der Waals surface area contributed by atoms with Crippen LogP contribution in [-0.2, 0) is 0 Å². The topological polar surface area (TPSA) is 8.81 Å². The average molecular weight is 305 g/mol. The molecule has 0 spiro atoms. The highest BCUT2D eigenvalue weighted by molar-refractivity contribution is 5.20. The second kappa shape index (κ2) is 7.28. The zero-order valence-corrected chi connectivity index (χ0v) is 14.0. The van der Waals surface area contributed by atoms with Gasteiger partial charge in [-0.1, -0.05) is 74.5 Å². The Morgan fingerprint density at radius 3 is 2.00 bits per heavy atom. The first kappa shape index (κ1) is 15.5. The van der Waals surface area contributed by atoms with E-state index in [1.54, 1.807) is 0 Å². The smallest absolute Gasteiger partial charge is 0.230 e. The molecule has 2 atom stereocenters. The van der Waals surface area contributed by atoms with Gasteiger partial charge in [0.05, 0.1) is 0 Å². The summed E-state index contributed by atoms with van der Waals surface area (Å²) in [6.07, 6.45) is 8.82. The van der Waals surface area contributed by atoms with Gasteiger partial charge in [-0.2, -0.15) is 0 Å². The number of hydrogen-bond donors (Lipinski definition) is 0. The quantitative estimate of drug-likeness (QED) is 0.580. The van der Waals surface area contributed by atoms with E-state index in [4.69, 9.17) is 0 Å². The van der Waals surface area contributed by atoms with Crippen molar-refractivity contribution in [3.63, 3.8) is 0 Å². The van der Waals surface area contributed by atoms with Gasteiger partial charge in [0.2, 0.25) is 6.33 Å². The standard InChI is InChI=1S/C21H25N2/c1-3-20(18-11-7-5-8-12-18)22-15-16-23(17-22)21(4-2)19-13-9-6-10-14-19/h5-17,20-21H,3-4H2,1-2H3/q+1/t20-,21-/m0/s1. The van der Waals surface area contributed by atoms with Crippen LogP contribution in [0.4, 0.5) is 0 Å². The predicted octanol–water partition coefficient (Wildman–Crippen LogP) is 4.77. The zero-order valence-electron chi connectivity index (χ0n) is 14.0. The van der Waals surface area contributed by atoms with Gasteiger partial charge < -0.3 is 0 Å². The van der Waals surface area contributed by atoms with Crippen molar-refractivity contribution in [1.82, 2.24) is 4.57 Å². The molecule has 3 aromatic rings. The van der Waals surface area contributed by atoms with Crippen LogP contribution in [0.15, 0.2) is 79.4 Å². The molecule has 0 fully saturated rings. The van der Waals surface area contributed by atoms with Crippen LogP contribution in [0.2, 0.25) is 0 Å². The molecule has 0 unspecified atom stereocenters. The molecule has 0 bridgehead atoms. The third-order valence-electron chi connectivity index (χ3n) is 4.54. The Hall–Kier alpha value is -2.35. The van der Waals surface area contributed by atoms with E-state index >= 15 is 0 Å². The lowest BCUT2D eigenvalue weighted by molar-refractivity contribution is -0.713. The molecule has 0 N–H and O–H groups in total. The summed E-state index contributed by atoms with van der Waals surface area (Å²) in [6.45, 7) is 4.49. The predicted molar refractivity (Wildman–Crippen MR) is 94.4 cm³/mol. The second-order valence-corrected chi connectivity index (χ2v) is 5.98. The molecular weight excluding hydrogens is 280 g/mol. The summed E-state index contributed by atoms with van der Waals surface area (Å²) < 4.78 is 4.67. The first-order chi connectivity index (χ1) is 11.3. The Bertz CT molecular complexity index is 654. The lowest BCUT2D eigenvalue weighted by Gasteiger charge is -2.13. The van der Waals surface area contributed by atoms with E-state index in [1.165, 1.54) is 11.1 Å². The molecule has 0 amide bonds. The lowest BCUT2D eigenvalue weighted by atomic mass is 10.0. The van der Waals surface area contributed by atoms with Crippen LogP contribution in [0.5, 0.6) is 0 Å². The van der Waals surface area contributed by atoms with Crippen molar-refractivity contribution in [1.29, 1.82) is 0 Å². The summed E-state index contributed by atoms with van der Waals surface area (Å²) in [5.41, 5.74) is 2.73. The van der Waals surface area contributed by atoms with Crippen LogP contribution < -0.4 is 4.57 Å². The van der Waals surface area contributed by atoms with Gasteiger partial charge in [0.25, 0.3) is 0 Å².